The van der Waals surface area contributed by atoms with Gasteiger partial charge < -0.3 is 10.6 Å². The van der Waals surface area contributed by atoms with E-state index >= 15 is 0 Å². The van der Waals surface area contributed by atoms with Crippen LogP contribution >= 0.6 is 0 Å². The fourth-order valence-electron chi connectivity index (χ4n) is 2.14. The summed E-state index contributed by atoms with van der Waals surface area (Å²) in [6.45, 7) is 2.34. The van der Waals surface area contributed by atoms with E-state index in [2.05, 4.69) is 10.6 Å². The first-order valence-electron chi connectivity index (χ1n) is 6.16. The lowest BCUT2D eigenvalue weighted by atomic mass is 9.95. The number of benzene rings is 1. The van der Waals surface area contributed by atoms with Gasteiger partial charge in [0.1, 0.15) is 0 Å². The van der Waals surface area contributed by atoms with E-state index in [4.69, 9.17) is 0 Å². The molecule has 19 heavy (non-hydrogen) atoms. The molecule has 0 radical (unpaired) electrons. The van der Waals surface area contributed by atoms with Crippen molar-refractivity contribution in [3.05, 3.63) is 29.3 Å². The Morgan fingerprint density at radius 2 is 2.21 bits per heavy atom. The molecule has 0 saturated carbocycles. The molecule has 6 heteroatoms. The Labute approximate surface area is 109 Å². The minimum Gasteiger partial charge on any atom is -0.385 e. The second kappa shape index (κ2) is 5.11. The Morgan fingerprint density at radius 1 is 1.47 bits per heavy atom. The van der Waals surface area contributed by atoms with E-state index in [1.54, 1.807) is 6.92 Å². The SMILES string of the molecule is CCC(=O)NC1CCNc2ccc(C(F)(F)F)cc21. The number of anilines is 1. The topological polar surface area (TPSA) is 41.1 Å². The monoisotopic (exact) mass is 272 g/mol. The third kappa shape index (κ3) is 3.00. The van der Waals surface area contributed by atoms with E-state index in [1.165, 1.54) is 6.07 Å². The second-order valence-corrected chi connectivity index (χ2v) is 4.49. The Balaban J connectivity index is 2.33. The molecule has 0 aliphatic carbocycles. The molecule has 0 fully saturated rings. The molecule has 1 amide bonds. The normalized spacial score (nSPS) is 18.4. The molecule has 1 aliphatic heterocycles. The number of hydrogen-bond donors (Lipinski definition) is 2. The molecule has 1 aromatic rings. The van der Waals surface area contributed by atoms with Gasteiger partial charge in [-0.1, -0.05) is 6.92 Å². The maximum absolute atomic E-state index is 12.7. The highest BCUT2D eigenvalue weighted by Gasteiger charge is 2.32. The number of nitrogens with one attached hydrogen (secondary N) is 2. The van der Waals surface area contributed by atoms with Crippen molar-refractivity contribution in [3.8, 4) is 0 Å². The molecule has 2 rings (SSSR count). The van der Waals surface area contributed by atoms with Gasteiger partial charge in [0.05, 0.1) is 11.6 Å². The van der Waals surface area contributed by atoms with E-state index in [1.807, 2.05) is 0 Å². The molecule has 0 aromatic heterocycles. The third-order valence-electron chi connectivity index (χ3n) is 3.16. The summed E-state index contributed by atoms with van der Waals surface area (Å²) in [5.74, 6) is -0.157. The number of alkyl halides is 3. The number of carbonyl (C=O) groups excluding carboxylic acids is 1. The molecular formula is C13H15F3N2O. The van der Waals surface area contributed by atoms with Crippen molar-refractivity contribution in [1.82, 2.24) is 5.32 Å². The average Bonchev–Trinajstić information content (AvgIpc) is 2.37. The van der Waals surface area contributed by atoms with E-state index < -0.39 is 11.7 Å². The Morgan fingerprint density at radius 3 is 2.84 bits per heavy atom. The van der Waals surface area contributed by atoms with E-state index in [0.717, 1.165) is 12.1 Å². The summed E-state index contributed by atoms with van der Waals surface area (Å²) in [5.41, 5.74) is 0.467. The largest absolute Gasteiger partial charge is 0.416 e. The van der Waals surface area contributed by atoms with Crippen molar-refractivity contribution in [3.63, 3.8) is 0 Å². The zero-order valence-electron chi connectivity index (χ0n) is 10.5. The van der Waals surface area contributed by atoms with Crippen LogP contribution in [0, 0.1) is 0 Å². The van der Waals surface area contributed by atoms with Gasteiger partial charge in [-0.15, -0.1) is 0 Å². The van der Waals surface area contributed by atoms with E-state index in [-0.39, 0.29) is 11.9 Å². The van der Waals surface area contributed by atoms with Gasteiger partial charge in [0, 0.05) is 18.7 Å². The summed E-state index contributed by atoms with van der Waals surface area (Å²) in [7, 11) is 0. The van der Waals surface area contributed by atoms with Gasteiger partial charge in [-0.3, -0.25) is 4.79 Å². The predicted molar refractivity (Wildman–Crippen MR) is 65.7 cm³/mol. The molecule has 0 saturated heterocycles. The second-order valence-electron chi connectivity index (χ2n) is 4.49. The van der Waals surface area contributed by atoms with Gasteiger partial charge in [0.25, 0.3) is 0 Å². The fraction of sp³-hybridized carbons (Fsp3) is 0.462. The number of amides is 1. The molecule has 1 aromatic carbocycles. The van der Waals surface area contributed by atoms with Gasteiger partial charge in [0.2, 0.25) is 5.91 Å². The maximum atomic E-state index is 12.7. The molecular weight excluding hydrogens is 257 g/mol. The first kappa shape index (κ1) is 13.7. The lowest BCUT2D eigenvalue weighted by molar-refractivity contribution is -0.137. The highest BCUT2D eigenvalue weighted by molar-refractivity contribution is 5.76. The van der Waals surface area contributed by atoms with Crippen LogP contribution in [0.25, 0.3) is 0 Å². The number of halogens is 3. The van der Waals surface area contributed by atoms with Crippen LogP contribution in [0.15, 0.2) is 18.2 Å². The fourth-order valence-corrected chi connectivity index (χ4v) is 2.14. The van der Waals surface area contributed by atoms with Crippen LogP contribution in [0.1, 0.15) is 36.9 Å². The summed E-state index contributed by atoms with van der Waals surface area (Å²) >= 11 is 0. The molecule has 0 bridgehead atoms. The van der Waals surface area contributed by atoms with Crippen molar-refractivity contribution < 1.29 is 18.0 Å². The predicted octanol–water partition coefficient (Wildman–Crippen LogP) is 3.09. The molecule has 2 N–H and O–H groups in total. The van der Waals surface area contributed by atoms with E-state index in [9.17, 15) is 18.0 Å². The van der Waals surface area contributed by atoms with E-state index in [0.29, 0.717) is 30.6 Å². The van der Waals surface area contributed by atoms with Crippen LogP contribution in [0.3, 0.4) is 0 Å². The zero-order valence-corrected chi connectivity index (χ0v) is 10.5. The standard InChI is InChI=1S/C13H15F3N2O/c1-2-12(19)18-11-5-6-17-10-4-3-8(7-9(10)11)13(14,15)16/h3-4,7,11,17H,2,5-6H2,1H3,(H,18,19). The lowest BCUT2D eigenvalue weighted by Crippen LogP contribution is -2.32. The Kier molecular flexibility index (Phi) is 3.68. The van der Waals surface area contributed by atoms with Crippen molar-refractivity contribution in [2.75, 3.05) is 11.9 Å². The summed E-state index contributed by atoms with van der Waals surface area (Å²) in [4.78, 5) is 11.4. The number of fused-ring (bicyclic) bond motifs is 1. The molecule has 104 valence electrons. The van der Waals surface area contributed by atoms with Crippen molar-refractivity contribution in [1.29, 1.82) is 0 Å². The quantitative estimate of drug-likeness (QED) is 0.868. The van der Waals surface area contributed by atoms with Crippen LogP contribution in [0.2, 0.25) is 0 Å². The first-order valence-corrected chi connectivity index (χ1v) is 6.16. The van der Waals surface area contributed by atoms with Gasteiger partial charge in [-0.05, 0) is 30.2 Å². The molecule has 1 aliphatic rings. The number of carbonyl (C=O) groups is 1. The smallest absolute Gasteiger partial charge is 0.385 e. The van der Waals surface area contributed by atoms with Crippen LogP contribution in [-0.2, 0) is 11.0 Å². The van der Waals surface area contributed by atoms with Gasteiger partial charge in [-0.25, -0.2) is 0 Å². The highest BCUT2D eigenvalue weighted by Crippen LogP contribution is 2.36. The molecule has 3 nitrogen and oxygen atoms in total. The summed E-state index contributed by atoms with van der Waals surface area (Å²) in [5, 5.41) is 5.80. The third-order valence-corrected chi connectivity index (χ3v) is 3.16. The first-order chi connectivity index (χ1) is 8.91. The molecule has 1 heterocycles. The number of hydrogen-bond acceptors (Lipinski definition) is 2. The van der Waals surface area contributed by atoms with Crippen molar-refractivity contribution in [2.24, 2.45) is 0 Å². The molecule has 0 spiro atoms. The van der Waals surface area contributed by atoms with Crippen molar-refractivity contribution >= 4 is 11.6 Å². The van der Waals surface area contributed by atoms with Gasteiger partial charge in [0.15, 0.2) is 0 Å². The van der Waals surface area contributed by atoms with Crippen LogP contribution in [0.5, 0.6) is 0 Å². The summed E-state index contributed by atoms with van der Waals surface area (Å²) < 4.78 is 38.1. The highest BCUT2D eigenvalue weighted by atomic mass is 19.4. The lowest BCUT2D eigenvalue weighted by Gasteiger charge is -2.28. The molecule has 1 unspecified atom stereocenters. The Hall–Kier alpha value is -1.72. The van der Waals surface area contributed by atoms with Crippen LogP contribution in [-0.4, -0.2) is 12.5 Å². The summed E-state index contributed by atoms with van der Waals surface area (Å²) in [6.07, 6.45) is -3.47. The summed E-state index contributed by atoms with van der Waals surface area (Å²) in [6, 6.07) is 3.23. The minimum absolute atomic E-state index is 0.157. The molecule has 1 atom stereocenters. The van der Waals surface area contributed by atoms with Crippen molar-refractivity contribution in [2.45, 2.75) is 32.0 Å². The van der Waals surface area contributed by atoms with Crippen LogP contribution in [0.4, 0.5) is 18.9 Å². The van der Waals surface area contributed by atoms with Gasteiger partial charge >= 0.3 is 6.18 Å². The number of rotatable bonds is 2. The van der Waals surface area contributed by atoms with Gasteiger partial charge in [-0.2, -0.15) is 13.2 Å². The van der Waals surface area contributed by atoms with Crippen LogP contribution < -0.4 is 10.6 Å². The zero-order chi connectivity index (χ0) is 14.0. The average molecular weight is 272 g/mol. The maximum Gasteiger partial charge on any atom is 0.416 e. The Bertz CT molecular complexity index is 485. The minimum atomic E-state index is -4.37.